The lowest BCUT2D eigenvalue weighted by molar-refractivity contribution is 0.311. The molecule has 1 saturated heterocycles. The van der Waals surface area contributed by atoms with Crippen LogP contribution in [0.4, 0.5) is 10.2 Å². The summed E-state index contributed by atoms with van der Waals surface area (Å²) in [6.45, 7) is 3.87. The summed E-state index contributed by atoms with van der Waals surface area (Å²) in [4.78, 5) is 9.38. The molecule has 0 bridgehead atoms. The van der Waals surface area contributed by atoms with E-state index in [0.29, 0.717) is 0 Å². The highest BCUT2D eigenvalue weighted by atomic mass is 19.1. The topological polar surface area (TPSA) is 49.8 Å². The molecule has 5 rings (SSSR count). The van der Waals surface area contributed by atoms with Crippen molar-refractivity contribution < 1.29 is 8.81 Å². The molecule has 1 aliphatic heterocycles. The summed E-state index contributed by atoms with van der Waals surface area (Å²) >= 11 is 0. The third-order valence-corrected chi connectivity index (χ3v) is 5.21. The molecule has 28 heavy (non-hydrogen) atoms. The van der Waals surface area contributed by atoms with Crippen molar-refractivity contribution in [1.29, 1.82) is 0 Å². The van der Waals surface area contributed by atoms with E-state index in [1.165, 1.54) is 12.1 Å². The van der Waals surface area contributed by atoms with E-state index >= 15 is 0 Å². The monoisotopic (exact) mass is 377 g/mol. The van der Waals surface area contributed by atoms with Gasteiger partial charge in [-0.2, -0.15) is 0 Å². The van der Waals surface area contributed by atoms with Crippen molar-refractivity contribution in [2.24, 2.45) is 0 Å². The minimum atomic E-state index is -0.262. The zero-order chi connectivity index (χ0) is 19.1. The summed E-state index contributed by atoms with van der Waals surface area (Å²) in [5, 5.41) is 4.82. The van der Waals surface area contributed by atoms with Gasteiger partial charge in [0.25, 0.3) is 0 Å². The van der Waals surface area contributed by atoms with Crippen LogP contribution in [0.15, 0.2) is 59.5 Å². The maximum Gasteiger partial charge on any atom is 0.162 e. The molecule has 0 spiro atoms. The first-order chi connectivity index (χ1) is 13.7. The Bertz CT molecular complexity index is 1100. The summed E-state index contributed by atoms with van der Waals surface area (Å²) in [5.41, 5.74) is 4.28. The van der Waals surface area contributed by atoms with Gasteiger partial charge in [0.15, 0.2) is 5.65 Å². The lowest BCUT2D eigenvalue weighted by Gasteiger charge is -2.33. The molecule has 142 valence electrons. The number of nitrogens with zero attached hydrogens (tertiary/aromatic N) is 5. The molecule has 3 aromatic heterocycles. The molecule has 0 unspecified atom stereocenters. The molecular weight excluding hydrogens is 357 g/mol. The highest BCUT2D eigenvalue weighted by molar-refractivity contribution is 5.80. The van der Waals surface area contributed by atoms with Gasteiger partial charge in [-0.3, -0.25) is 0 Å². The molecule has 0 amide bonds. The lowest BCUT2D eigenvalue weighted by atomic mass is 10.1. The zero-order valence-corrected chi connectivity index (χ0v) is 15.5. The standard InChI is InChI=1S/C21H20FN5O/c1-25-7-9-26(10-8-25)20-12-18(16-6-11-28-14-16)21-23-19(13-27(21)24-20)15-2-4-17(22)5-3-15/h2-6,11-14H,7-10H2,1H3. The fourth-order valence-corrected chi connectivity index (χ4v) is 3.54. The molecular formula is C21H20FN5O. The minimum absolute atomic E-state index is 0.262. The van der Waals surface area contributed by atoms with Crippen molar-refractivity contribution in [3.8, 4) is 22.4 Å². The van der Waals surface area contributed by atoms with Gasteiger partial charge >= 0.3 is 0 Å². The molecule has 1 aromatic carbocycles. The predicted octanol–water partition coefficient (Wildman–Crippen LogP) is 3.55. The van der Waals surface area contributed by atoms with E-state index < -0.39 is 0 Å². The maximum atomic E-state index is 13.3. The van der Waals surface area contributed by atoms with Crippen LogP contribution >= 0.6 is 0 Å². The normalized spacial score (nSPS) is 15.4. The Labute approximate surface area is 161 Å². The second-order valence-corrected chi connectivity index (χ2v) is 7.12. The number of hydrogen-bond donors (Lipinski definition) is 0. The van der Waals surface area contributed by atoms with Gasteiger partial charge in [0, 0.05) is 42.9 Å². The van der Waals surface area contributed by atoms with E-state index in [2.05, 4.69) is 22.9 Å². The smallest absolute Gasteiger partial charge is 0.162 e. The Balaban J connectivity index is 1.64. The van der Waals surface area contributed by atoms with E-state index in [4.69, 9.17) is 14.5 Å². The second kappa shape index (κ2) is 6.76. The maximum absolute atomic E-state index is 13.3. The van der Waals surface area contributed by atoms with Gasteiger partial charge in [0.05, 0.1) is 24.4 Å². The number of imidazole rings is 1. The SMILES string of the molecule is CN1CCN(c2cc(-c3ccoc3)c3nc(-c4ccc(F)cc4)cn3n2)CC1. The quantitative estimate of drug-likeness (QED) is 0.547. The van der Waals surface area contributed by atoms with Crippen molar-refractivity contribution in [1.82, 2.24) is 19.5 Å². The number of rotatable bonds is 3. The number of aromatic nitrogens is 3. The lowest BCUT2D eigenvalue weighted by Crippen LogP contribution is -2.45. The number of fused-ring (bicyclic) bond motifs is 1. The molecule has 0 saturated carbocycles. The molecule has 4 aromatic rings. The van der Waals surface area contributed by atoms with Crippen molar-refractivity contribution in [3.05, 3.63) is 60.9 Å². The highest BCUT2D eigenvalue weighted by Gasteiger charge is 2.19. The number of benzene rings is 1. The number of halogens is 1. The summed E-state index contributed by atoms with van der Waals surface area (Å²) < 4.78 is 20.4. The molecule has 6 nitrogen and oxygen atoms in total. The van der Waals surface area contributed by atoms with E-state index in [0.717, 1.165) is 60.0 Å². The van der Waals surface area contributed by atoms with Crippen LogP contribution in [-0.2, 0) is 0 Å². The Morgan fingerprint density at radius 1 is 1.00 bits per heavy atom. The first kappa shape index (κ1) is 16.9. The summed E-state index contributed by atoms with van der Waals surface area (Å²) in [5.74, 6) is 0.655. The fourth-order valence-electron chi connectivity index (χ4n) is 3.54. The van der Waals surface area contributed by atoms with Crippen LogP contribution in [0, 0.1) is 5.82 Å². The van der Waals surface area contributed by atoms with Crippen molar-refractivity contribution in [3.63, 3.8) is 0 Å². The van der Waals surface area contributed by atoms with Crippen molar-refractivity contribution in [2.45, 2.75) is 0 Å². The van der Waals surface area contributed by atoms with Crippen LogP contribution in [0.3, 0.4) is 0 Å². The molecule has 0 atom stereocenters. The van der Waals surface area contributed by atoms with Crippen LogP contribution in [0.2, 0.25) is 0 Å². The number of furan rings is 1. The van der Waals surface area contributed by atoms with E-state index in [-0.39, 0.29) is 5.82 Å². The van der Waals surface area contributed by atoms with Gasteiger partial charge in [-0.15, -0.1) is 5.10 Å². The van der Waals surface area contributed by atoms with Crippen LogP contribution in [0.1, 0.15) is 0 Å². The molecule has 1 fully saturated rings. The third-order valence-electron chi connectivity index (χ3n) is 5.21. The Hall–Kier alpha value is -3.19. The number of piperazine rings is 1. The van der Waals surface area contributed by atoms with E-state index in [9.17, 15) is 4.39 Å². The van der Waals surface area contributed by atoms with Gasteiger partial charge in [-0.25, -0.2) is 13.9 Å². The van der Waals surface area contributed by atoms with E-state index in [1.54, 1.807) is 24.7 Å². The summed E-state index contributed by atoms with van der Waals surface area (Å²) in [7, 11) is 2.13. The summed E-state index contributed by atoms with van der Waals surface area (Å²) in [6, 6.07) is 10.4. The zero-order valence-electron chi connectivity index (χ0n) is 15.5. The molecule has 1 aliphatic rings. The van der Waals surface area contributed by atoms with Gasteiger partial charge in [-0.05, 0) is 43.4 Å². The molecule has 0 N–H and O–H groups in total. The van der Waals surface area contributed by atoms with Gasteiger partial charge in [0.2, 0.25) is 0 Å². The largest absolute Gasteiger partial charge is 0.472 e. The van der Waals surface area contributed by atoms with Crippen LogP contribution in [0.25, 0.3) is 28.0 Å². The van der Waals surface area contributed by atoms with Gasteiger partial charge < -0.3 is 14.2 Å². The van der Waals surface area contributed by atoms with Crippen LogP contribution < -0.4 is 4.90 Å². The summed E-state index contributed by atoms with van der Waals surface area (Å²) in [6.07, 6.45) is 5.27. The highest BCUT2D eigenvalue weighted by Crippen LogP contribution is 2.30. The van der Waals surface area contributed by atoms with Crippen LogP contribution in [0.5, 0.6) is 0 Å². The van der Waals surface area contributed by atoms with Crippen molar-refractivity contribution >= 4 is 11.5 Å². The predicted molar refractivity (Wildman–Crippen MR) is 106 cm³/mol. The van der Waals surface area contributed by atoms with Gasteiger partial charge in [0.1, 0.15) is 11.6 Å². The Kier molecular flexibility index (Phi) is 4.09. The number of likely N-dealkylation sites (N-methyl/N-ethyl adjacent to an activating group) is 1. The molecule has 7 heteroatoms. The average Bonchev–Trinajstić information content (AvgIpc) is 3.38. The molecule has 4 heterocycles. The fraction of sp³-hybridized carbons (Fsp3) is 0.238. The Morgan fingerprint density at radius 2 is 1.79 bits per heavy atom. The van der Waals surface area contributed by atoms with Crippen LogP contribution in [-0.4, -0.2) is 52.7 Å². The van der Waals surface area contributed by atoms with E-state index in [1.807, 2.05) is 16.8 Å². The molecule has 0 radical (unpaired) electrons. The first-order valence-corrected chi connectivity index (χ1v) is 9.30. The minimum Gasteiger partial charge on any atom is -0.472 e. The average molecular weight is 377 g/mol. The number of hydrogen-bond acceptors (Lipinski definition) is 5. The Morgan fingerprint density at radius 3 is 2.50 bits per heavy atom. The number of anilines is 1. The first-order valence-electron chi connectivity index (χ1n) is 9.30. The molecule has 0 aliphatic carbocycles. The second-order valence-electron chi connectivity index (χ2n) is 7.12. The van der Waals surface area contributed by atoms with Gasteiger partial charge in [-0.1, -0.05) is 0 Å². The third kappa shape index (κ3) is 3.03. The van der Waals surface area contributed by atoms with Crippen molar-refractivity contribution in [2.75, 3.05) is 38.1 Å².